The molecule has 1 unspecified atom stereocenters. The molecule has 0 aliphatic carbocycles. The first-order valence-corrected chi connectivity index (χ1v) is 9.36. The zero-order valence-corrected chi connectivity index (χ0v) is 15.5. The molecule has 7 nitrogen and oxygen atoms in total. The summed E-state index contributed by atoms with van der Waals surface area (Å²) >= 11 is 0. The highest BCUT2D eigenvalue weighted by atomic mass is 16.5. The van der Waals surface area contributed by atoms with Gasteiger partial charge in [-0.15, -0.1) is 0 Å². The molecule has 1 fully saturated rings. The van der Waals surface area contributed by atoms with Crippen LogP contribution in [0.1, 0.15) is 26.3 Å². The van der Waals surface area contributed by atoms with Gasteiger partial charge in [0.05, 0.1) is 41.9 Å². The molecule has 0 amide bonds. The van der Waals surface area contributed by atoms with Gasteiger partial charge in [0, 0.05) is 24.4 Å². The Morgan fingerprint density at radius 2 is 2.15 bits per heavy atom. The van der Waals surface area contributed by atoms with E-state index in [2.05, 4.69) is 41.5 Å². The van der Waals surface area contributed by atoms with Crippen molar-refractivity contribution in [2.45, 2.75) is 32.4 Å². The predicted molar refractivity (Wildman–Crippen MR) is 105 cm³/mol. The second-order valence-corrected chi connectivity index (χ2v) is 7.27. The Balaban J connectivity index is 1.69. The number of hydrogen-bond acceptors (Lipinski definition) is 5. The van der Waals surface area contributed by atoms with Crippen LogP contribution >= 0.6 is 0 Å². The highest BCUT2D eigenvalue weighted by Crippen LogP contribution is 2.32. The summed E-state index contributed by atoms with van der Waals surface area (Å²) in [5.74, 6) is 0. The predicted octanol–water partition coefficient (Wildman–Crippen LogP) is 3.53. The Labute approximate surface area is 157 Å². The number of rotatable bonds is 4. The van der Waals surface area contributed by atoms with Crippen molar-refractivity contribution in [2.24, 2.45) is 0 Å². The van der Waals surface area contributed by atoms with Gasteiger partial charge in [-0.1, -0.05) is 6.07 Å². The summed E-state index contributed by atoms with van der Waals surface area (Å²) in [6, 6.07) is 8.73. The van der Waals surface area contributed by atoms with Crippen molar-refractivity contribution in [3.63, 3.8) is 0 Å². The summed E-state index contributed by atoms with van der Waals surface area (Å²) in [4.78, 5) is 4.90. The Bertz CT molecular complexity index is 1110. The lowest BCUT2D eigenvalue weighted by Gasteiger charge is -2.17. The van der Waals surface area contributed by atoms with Crippen molar-refractivity contribution >= 4 is 22.2 Å². The normalized spacial score (nSPS) is 17.4. The monoisotopic (exact) mass is 362 g/mol. The molecule has 0 aromatic carbocycles. The summed E-state index contributed by atoms with van der Waals surface area (Å²) < 4.78 is 9.45. The first-order valence-electron chi connectivity index (χ1n) is 9.36. The molecule has 1 N–H and O–H groups in total. The number of hydrogen-bond donors (Lipinski definition) is 1. The van der Waals surface area contributed by atoms with Crippen LogP contribution < -0.4 is 5.32 Å². The van der Waals surface area contributed by atoms with E-state index in [0.29, 0.717) is 6.04 Å². The van der Waals surface area contributed by atoms with E-state index < -0.39 is 0 Å². The van der Waals surface area contributed by atoms with Crippen LogP contribution in [0.25, 0.3) is 27.8 Å². The first kappa shape index (κ1) is 16.3. The Kier molecular flexibility index (Phi) is 3.82. The van der Waals surface area contributed by atoms with Crippen molar-refractivity contribution in [2.75, 3.05) is 18.5 Å². The van der Waals surface area contributed by atoms with Crippen LogP contribution in [0.4, 0.5) is 5.69 Å². The van der Waals surface area contributed by atoms with Gasteiger partial charge in [-0.3, -0.25) is 4.68 Å². The Morgan fingerprint density at radius 1 is 1.22 bits per heavy atom. The molecule has 5 heterocycles. The van der Waals surface area contributed by atoms with Crippen LogP contribution in [-0.2, 0) is 4.74 Å². The maximum absolute atomic E-state index is 5.55. The van der Waals surface area contributed by atoms with Crippen molar-refractivity contribution in [1.29, 1.82) is 0 Å². The third-order valence-electron chi connectivity index (χ3n) is 5.03. The van der Waals surface area contributed by atoms with E-state index in [-0.39, 0.29) is 6.04 Å². The second-order valence-electron chi connectivity index (χ2n) is 7.27. The Morgan fingerprint density at radius 3 is 2.96 bits per heavy atom. The molecular weight excluding hydrogens is 340 g/mol. The highest BCUT2D eigenvalue weighted by Gasteiger charge is 2.21. The van der Waals surface area contributed by atoms with Gasteiger partial charge >= 0.3 is 0 Å². The highest BCUT2D eigenvalue weighted by molar-refractivity contribution is 5.93. The standard InChI is InChI=1S/C20H22N6O/c1-13(2)26-20-17(23-14-6-8-27-12-14)9-16(24-18(20)11-22-26)15-10-21-25-7-4-3-5-19(15)25/h3-5,7,9-11,13-14H,6,8,12H2,1-2H3,(H,23,24). The lowest BCUT2D eigenvalue weighted by Crippen LogP contribution is -2.20. The molecule has 138 valence electrons. The van der Waals surface area contributed by atoms with Gasteiger partial charge in [-0.2, -0.15) is 10.2 Å². The molecule has 0 saturated carbocycles. The minimum absolute atomic E-state index is 0.257. The zero-order valence-electron chi connectivity index (χ0n) is 15.5. The summed E-state index contributed by atoms with van der Waals surface area (Å²) in [6.45, 7) is 5.80. The molecule has 1 aliphatic heterocycles. The van der Waals surface area contributed by atoms with Gasteiger partial charge in [-0.25, -0.2) is 9.50 Å². The van der Waals surface area contributed by atoms with Crippen LogP contribution in [0.5, 0.6) is 0 Å². The van der Waals surface area contributed by atoms with Crippen LogP contribution in [0, 0.1) is 0 Å². The summed E-state index contributed by atoms with van der Waals surface area (Å²) in [7, 11) is 0. The van der Waals surface area contributed by atoms with Crippen molar-refractivity contribution in [1.82, 2.24) is 24.4 Å². The van der Waals surface area contributed by atoms with Crippen molar-refractivity contribution in [3.8, 4) is 11.3 Å². The fourth-order valence-electron chi connectivity index (χ4n) is 3.70. The van der Waals surface area contributed by atoms with E-state index in [4.69, 9.17) is 9.72 Å². The van der Waals surface area contributed by atoms with E-state index >= 15 is 0 Å². The lowest BCUT2D eigenvalue weighted by atomic mass is 10.1. The molecule has 7 heteroatoms. The second kappa shape index (κ2) is 6.35. The molecule has 0 spiro atoms. The van der Waals surface area contributed by atoms with E-state index in [0.717, 1.165) is 53.1 Å². The topological polar surface area (TPSA) is 69.3 Å². The van der Waals surface area contributed by atoms with Gasteiger partial charge in [0.25, 0.3) is 0 Å². The third-order valence-corrected chi connectivity index (χ3v) is 5.03. The van der Waals surface area contributed by atoms with Gasteiger partial charge in [-0.05, 0) is 38.5 Å². The smallest absolute Gasteiger partial charge is 0.111 e. The number of aromatic nitrogens is 5. The van der Waals surface area contributed by atoms with Gasteiger partial charge in [0.1, 0.15) is 11.0 Å². The SMILES string of the molecule is CC(C)n1ncc2nc(-c3cnn4ccccc34)cc(NC3CCOC3)c21. The first-order chi connectivity index (χ1) is 13.2. The molecule has 4 aromatic rings. The summed E-state index contributed by atoms with van der Waals surface area (Å²) in [5, 5.41) is 12.7. The van der Waals surface area contributed by atoms with Crippen molar-refractivity contribution in [3.05, 3.63) is 42.9 Å². The molecule has 1 saturated heterocycles. The molecule has 0 radical (unpaired) electrons. The lowest BCUT2D eigenvalue weighted by molar-refractivity contribution is 0.195. The van der Waals surface area contributed by atoms with E-state index in [1.54, 1.807) is 0 Å². The Hall–Kier alpha value is -2.93. The number of nitrogens with one attached hydrogen (secondary N) is 1. The fourth-order valence-corrected chi connectivity index (χ4v) is 3.70. The number of fused-ring (bicyclic) bond motifs is 2. The van der Waals surface area contributed by atoms with Gasteiger partial charge < -0.3 is 10.1 Å². The average molecular weight is 362 g/mol. The van der Waals surface area contributed by atoms with Crippen LogP contribution in [-0.4, -0.2) is 43.6 Å². The molecule has 0 bridgehead atoms. The number of ether oxygens (including phenoxy) is 1. The average Bonchev–Trinajstić information content (AvgIpc) is 3.40. The molecule has 1 atom stereocenters. The molecule has 4 aromatic heterocycles. The van der Waals surface area contributed by atoms with E-state index in [1.165, 1.54) is 0 Å². The zero-order chi connectivity index (χ0) is 18.4. The van der Waals surface area contributed by atoms with Crippen LogP contribution in [0.15, 0.2) is 42.9 Å². The number of anilines is 1. The largest absolute Gasteiger partial charge is 0.379 e. The van der Waals surface area contributed by atoms with E-state index in [9.17, 15) is 0 Å². The summed E-state index contributed by atoms with van der Waals surface area (Å²) in [6.07, 6.45) is 6.68. The molecule has 5 rings (SSSR count). The maximum Gasteiger partial charge on any atom is 0.111 e. The molecular formula is C20H22N6O. The van der Waals surface area contributed by atoms with E-state index in [1.807, 2.05) is 39.9 Å². The van der Waals surface area contributed by atoms with Gasteiger partial charge in [0.2, 0.25) is 0 Å². The van der Waals surface area contributed by atoms with Crippen LogP contribution in [0.2, 0.25) is 0 Å². The maximum atomic E-state index is 5.55. The fraction of sp³-hybridized carbons (Fsp3) is 0.350. The molecule has 1 aliphatic rings. The third kappa shape index (κ3) is 2.75. The van der Waals surface area contributed by atoms with Crippen molar-refractivity contribution < 1.29 is 4.74 Å². The van der Waals surface area contributed by atoms with Crippen LogP contribution in [0.3, 0.4) is 0 Å². The quantitative estimate of drug-likeness (QED) is 0.601. The summed E-state index contributed by atoms with van der Waals surface area (Å²) in [5.41, 5.74) is 5.92. The number of pyridine rings is 2. The minimum atomic E-state index is 0.257. The number of nitrogens with zero attached hydrogens (tertiary/aromatic N) is 5. The minimum Gasteiger partial charge on any atom is -0.379 e. The molecule has 27 heavy (non-hydrogen) atoms. The van der Waals surface area contributed by atoms with Gasteiger partial charge in [0.15, 0.2) is 0 Å².